The Morgan fingerprint density at radius 1 is 1.06 bits per heavy atom. The van der Waals surface area contributed by atoms with Crippen molar-refractivity contribution in [2.45, 2.75) is 19.1 Å². The van der Waals surface area contributed by atoms with E-state index in [1.54, 1.807) is 12.1 Å². The van der Waals surface area contributed by atoms with Crippen molar-refractivity contribution in [3.05, 3.63) is 65.5 Å². The Labute approximate surface area is 182 Å². The molecule has 31 heavy (non-hydrogen) atoms. The summed E-state index contributed by atoms with van der Waals surface area (Å²) in [5.74, 6) is 0.428. The molecular weight excluding hydrogens is 397 g/mol. The number of para-hydroxylation sites is 1. The molecule has 2 aromatic carbocycles. The van der Waals surface area contributed by atoms with Gasteiger partial charge in [-0.2, -0.15) is 0 Å². The minimum atomic E-state index is -0.473. The van der Waals surface area contributed by atoms with E-state index in [0.717, 1.165) is 50.6 Å². The van der Waals surface area contributed by atoms with Crippen LogP contribution in [0.5, 0.6) is 5.75 Å². The van der Waals surface area contributed by atoms with Crippen LogP contribution < -0.4 is 10.1 Å². The highest BCUT2D eigenvalue weighted by molar-refractivity contribution is 5.78. The van der Waals surface area contributed by atoms with Gasteiger partial charge in [-0.25, -0.2) is 4.39 Å². The highest BCUT2D eigenvalue weighted by Crippen LogP contribution is 2.31. The molecule has 1 unspecified atom stereocenters. The van der Waals surface area contributed by atoms with E-state index >= 15 is 0 Å². The molecule has 0 aromatic heterocycles. The van der Waals surface area contributed by atoms with Crippen LogP contribution in [0, 0.1) is 5.82 Å². The van der Waals surface area contributed by atoms with Crippen LogP contribution in [0.2, 0.25) is 0 Å². The van der Waals surface area contributed by atoms with Crippen molar-refractivity contribution in [3.8, 4) is 5.75 Å². The number of rotatable bonds is 7. The number of fused-ring (bicyclic) bond motifs is 1. The van der Waals surface area contributed by atoms with E-state index in [-0.39, 0.29) is 18.3 Å². The summed E-state index contributed by atoms with van der Waals surface area (Å²) in [5.41, 5.74) is 1.51. The predicted molar refractivity (Wildman–Crippen MR) is 116 cm³/mol. The van der Waals surface area contributed by atoms with Gasteiger partial charge in [0.25, 0.3) is 0 Å². The molecule has 0 radical (unpaired) electrons. The van der Waals surface area contributed by atoms with E-state index < -0.39 is 6.10 Å². The Bertz CT molecular complexity index is 873. The molecule has 1 atom stereocenters. The molecule has 0 saturated carbocycles. The van der Waals surface area contributed by atoms with Gasteiger partial charge in [0.05, 0.1) is 19.8 Å². The lowest BCUT2D eigenvalue weighted by Gasteiger charge is -2.26. The van der Waals surface area contributed by atoms with E-state index in [2.05, 4.69) is 10.2 Å². The summed E-state index contributed by atoms with van der Waals surface area (Å²) >= 11 is 0. The molecule has 1 saturated heterocycles. The van der Waals surface area contributed by atoms with Gasteiger partial charge < -0.3 is 14.8 Å². The fourth-order valence-corrected chi connectivity index (χ4v) is 4.11. The predicted octanol–water partition coefficient (Wildman–Crippen LogP) is 2.60. The molecule has 0 aliphatic carbocycles. The van der Waals surface area contributed by atoms with Crippen molar-refractivity contribution >= 4 is 5.91 Å². The fourth-order valence-electron chi connectivity index (χ4n) is 4.11. The Kier molecular flexibility index (Phi) is 7.51. The summed E-state index contributed by atoms with van der Waals surface area (Å²) in [6, 6.07) is 14.4. The van der Waals surface area contributed by atoms with Gasteiger partial charge in [0.15, 0.2) is 0 Å². The number of ether oxygens (including phenoxy) is 2. The number of carbonyl (C=O) groups is 1. The van der Waals surface area contributed by atoms with Crippen LogP contribution in [-0.4, -0.2) is 68.2 Å². The molecular formula is C24H30FN3O3. The average molecular weight is 428 g/mol. The number of hydrogen-bond donors (Lipinski definition) is 1. The first-order valence-electron chi connectivity index (χ1n) is 11.0. The highest BCUT2D eigenvalue weighted by Gasteiger charge is 2.27. The maximum Gasteiger partial charge on any atom is 0.234 e. The third-order valence-electron chi connectivity index (χ3n) is 5.76. The van der Waals surface area contributed by atoms with Crippen LogP contribution in [0.15, 0.2) is 48.5 Å². The third-order valence-corrected chi connectivity index (χ3v) is 5.76. The molecule has 0 spiro atoms. The molecule has 1 fully saturated rings. The summed E-state index contributed by atoms with van der Waals surface area (Å²) in [6.07, 6.45) is 0.439. The molecule has 2 aliphatic heterocycles. The average Bonchev–Trinajstić information content (AvgIpc) is 2.96. The second-order valence-corrected chi connectivity index (χ2v) is 8.06. The van der Waals surface area contributed by atoms with Gasteiger partial charge in [0.2, 0.25) is 5.91 Å². The maximum absolute atomic E-state index is 14.4. The number of amides is 1. The minimum absolute atomic E-state index is 0.0198. The molecule has 1 N–H and O–H groups in total. The molecule has 4 rings (SSSR count). The van der Waals surface area contributed by atoms with Gasteiger partial charge in [-0.15, -0.1) is 0 Å². The number of benzene rings is 2. The number of carbonyl (C=O) groups excluding carboxylic acids is 1. The molecule has 6 nitrogen and oxygen atoms in total. The summed E-state index contributed by atoms with van der Waals surface area (Å²) < 4.78 is 26.0. The summed E-state index contributed by atoms with van der Waals surface area (Å²) in [7, 11) is 0. The van der Waals surface area contributed by atoms with Crippen molar-refractivity contribution in [1.29, 1.82) is 0 Å². The second-order valence-electron chi connectivity index (χ2n) is 8.06. The largest absolute Gasteiger partial charge is 0.484 e. The lowest BCUT2D eigenvalue weighted by Crippen LogP contribution is -2.40. The first-order valence-corrected chi connectivity index (χ1v) is 11.0. The number of hydrogen-bond acceptors (Lipinski definition) is 5. The van der Waals surface area contributed by atoms with Crippen LogP contribution in [0.4, 0.5) is 4.39 Å². The molecule has 2 aliphatic rings. The molecule has 1 amide bonds. The molecule has 7 heteroatoms. The van der Waals surface area contributed by atoms with Gasteiger partial charge in [-0.1, -0.05) is 36.4 Å². The molecule has 166 valence electrons. The summed E-state index contributed by atoms with van der Waals surface area (Å²) in [5, 5.41) is 3.03. The quantitative estimate of drug-likeness (QED) is 0.689. The zero-order valence-electron chi connectivity index (χ0n) is 17.8. The Hall–Kier alpha value is -2.48. The number of halogens is 1. The second kappa shape index (κ2) is 10.7. The Morgan fingerprint density at radius 3 is 2.68 bits per heavy atom. The number of morpholine rings is 1. The first-order chi connectivity index (χ1) is 15.2. The Balaban J connectivity index is 1.35. The van der Waals surface area contributed by atoms with E-state index in [4.69, 9.17) is 9.47 Å². The topological polar surface area (TPSA) is 54.0 Å². The standard InChI is InChI=1S/C24H30FN3O3/c25-21-8-3-2-7-20(21)23-17-28(16-19-6-1-4-9-22(19)31-23)18-24(29)26-10-5-11-27-12-14-30-15-13-27/h1-4,6-9,23H,5,10-18H2,(H,26,29). The van der Waals surface area contributed by atoms with Gasteiger partial charge in [-0.3, -0.25) is 14.6 Å². The normalized spacial score (nSPS) is 19.8. The molecule has 2 aromatic rings. The van der Waals surface area contributed by atoms with E-state index in [0.29, 0.717) is 25.2 Å². The van der Waals surface area contributed by atoms with Crippen molar-refractivity contribution in [1.82, 2.24) is 15.1 Å². The number of nitrogens with one attached hydrogen (secondary N) is 1. The zero-order valence-corrected chi connectivity index (χ0v) is 17.8. The smallest absolute Gasteiger partial charge is 0.234 e. The van der Waals surface area contributed by atoms with Crippen LogP contribution in [0.1, 0.15) is 23.7 Å². The molecule has 2 heterocycles. The van der Waals surface area contributed by atoms with Gasteiger partial charge in [0.1, 0.15) is 17.7 Å². The zero-order chi connectivity index (χ0) is 21.5. The Morgan fingerprint density at radius 2 is 1.84 bits per heavy atom. The van der Waals surface area contributed by atoms with Gasteiger partial charge in [0, 0.05) is 43.9 Å². The van der Waals surface area contributed by atoms with Crippen LogP contribution in [-0.2, 0) is 16.1 Å². The van der Waals surface area contributed by atoms with Crippen molar-refractivity contribution in [3.63, 3.8) is 0 Å². The molecule has 0 bridgehead atoms. The van der Waals surface area contributed by atoms with Gasteiger partial charge in [-0.05, 0) is 25.1 Å². The van der Waals surface area contributed by atoms with Crippen LogP contribution >= 0.6 is 0 Å². The SMILES string of the molecule is O=C(CN1Cc2ccccc2OC(c2ccccc2F)C1)NCCCN1CCOCC1. The van der Waals surface area contributed by atoms with E-state index in [1.807, 2.05) is 35.2 Å². The van der Waals surface area contributed by atoms with E-state index in [9.17, 15) is 9.18 Å². The van der Waals surface area contributed by atoms with E-state index in [1.165, 1.54) is 6.07 Å². The number of nitrogens with zero attached hydrogens (tertiary/aromatic N) is 2. The van der Waals surface area contributed by atoms with Crippen LogP contribution in [0.25, 0.3) is 0 Å². The fraction of sp³-hybridized carbons (Fsp3) is 0.458. The van der Waals surface area contributed by atoms with Crippen molar-refractivity contribution in [2.24, 2.45) is 0 Å². The maximum atomic E-state index is 14.4. The first kappa shape index (κ1) is 21.7. The van der Waals surface area contributed by atoms with Gasteiger partial charge >= 0.3 is 0 Å². The highest BCUT2D eigenvalue weighted by atomic mass is 19.1. The lowest BCUT2D eigenvalue weighted by atomic mass is 10.1. The minimum Gasteiger partial charge on any atom is -0.484 e. The lowest BCUT2D eigenvalue weighted by molar-refractivity contribution is -0.122. The summed E-state index contributed by atoms with van der Waals surface area (Å²) in [6.45, 7) is 6.37. The monoisotopic (exact) mass is 427 g/mol. The third kappa shape index (κ3) is 6.03. The van der Waals surface area contributed by atoms with Crippen molar-refractivity contribution in [2.75, 3.05) is 52.5 Å². The van der Waals surface area contributed by atoms with Crippen molar-refractivity contribution < 1.29 is 18.7 Å². The van der Waals surface area contributed by atoms with Crippen LogP contribution in [0.3, 0.4) is 0 Å². The summed E-state index contributed by atoms with van der Waals surface area (Å²) in [4.78, 5) is 17.0.